The molecule has 2 aromatic rings. The molecule has 0 N–H and O–H groups in total. The van der Waals surface area contributed by atoms with Gasteiger partial charge in [-0.1, -0.05) is 57.9 Å². The molecule has 0 amide bonds. The number of aryl methyl sites for hydroxylation is 2. The summed E-state index contributed by atoms with van der Waals surface area (Å²) in [6, 6.07) is 8.79. The highest BCUT2D eigenvalue weighted by molar-refractivity contribution is 7.13. The van der Waals surface area contributed by atoms with Crippen LogP contribution in [0.5, 0.6) is 5.75 Å². The van der Waals surface area contributed by atoms with Crippen LogP contribution in [0.3, 0.4) is 0 Å². The van der Waals surface area contributed by atoms with E-state index in [2.05, 4.69) is 50.4 Å². The second-order valence-electron chi connectivity index (χ2n) is 6.74. The first-order chi connectivity index (χ1) is 11.7. The summed E-state index contributed by atoms with van der Waals surface area (Å²) in [4.78, 5) is 1.33. The minimum Gasteiger partial charge on any atom is -0.493 e. The van der Waals surface area contributed by atoms with E-state index in [0.717, 1.165) is 12.4 Å². The van der Waals surface area contributed by atoms with E-state index in [1.807, 2.05) is 0 Å². The number of unbranched alkanes of at least 4 members (excludes halogenated alkanes) is 7. The third-order valence-electron chi connectivity index (χ3n) is 4.51. The number of ether oxygens (including phenoxy) is 1. The number of benzene rings is 1. The maximum Gasteiger partial charge on any atom is 0.125 e. The van der Waals surface area contributed by atoms with Gasteiger partial charge in [-0.2, -0.15) is 0 Å². The van der Waals surface area contributed by atoms with Crippen LogP contribution in [0.2, 0.25) is 0 Å². The second-order valence-corrected chi connectivity index (χ2v) is 7.69. The average Bonchev–Trinajstić information content (AvgIpc) is 3.09. The SMILES string of the molecule is CCCCCCCCCCOc1c(C)cc(-c2cccs2)cc1C. The molecule has 0 saturated heterocycles. The third-order valence-corrected chi connectivity index (χ3v) is 5.43. The van der Waals surface area contributed by atoms with Gasteiger partial charge in [0.15, 0.2) is 0 Å². The van der Waals surface area contributed by atoms with Crippen molar-refractivity contribution in [3.8, 4) is 16.2 Å². The predicted molar refractivity (Wildman–Crippen MR) is 107 cm³/mol. The Morgan fingerprint density at radius 2 is 1.50 bits per heavy atom. The van der Waals surface area contributed by atoms with Crippen LogP contribution in [0, 0.1) is 13.8 Å². The van der Waals surface area contributed by atoms with Gasteiger partial charge in [0.1, 0.15) is 5.75 Å². The Morgan fingerprint density at radius 3 is 2.08 bits per heavy atom. The van der Waals surface area contributed by atoms with Gasteiger partial charge in [-0.05, 0) is 60.5 Å². The monoisotopic (exact) mass is 344 g/mol. The van der Waals surface area contributed by atoms with Crippen LogP contribution in [0.4, 0.5) is 0 Å². The Bertz CT molecular complexity index is 563. The van der Waals surface area contributed by atoms with E-state index in [1.54, 1.807) is 11.3 Å². The summed E-state index contributed by atoms with van der Waals surface area (Å²) in [7, 11) is 0. The second kappa shape index (κ2) is 10.6. The highest BCUT2D eigenvalue weighted by Gasteiger charge is 2.08. The minimum absolute atomic E-state index is 0.842. The smallest absolute Gasteiger partial charge is 0.125 e. The molecule has 0 bridgehead atoms. The number of hydrogen-bond donors (Lipinski definition) is 0. The summed E-state index contributed by atoms with van der Waals surface area (Å²) >= 11 is 1.79. The fourth-order valence-electron chi connectivity index (χ4n) is 3.17. The van der Waals surface area contributed by atoms with E-state index in [1.165, 1.54) is 72.9 Å². The lowest BCUT2D eigenvalue weighted by Crippen LogP contribution is -2.01. The summed E-state index contributed by atoms with van der Waals surface area (Å²) in [6.07, 6.45) is 10.7. The topological polar surface area (TPSA) is 9.23 Å². The summed E-state index contributed by atoms with van der Waals surface area (Å²) in [6.45, 7) is 7.43. The first-order valence-electron chi connectivity index (χ1n) is 9.50. The Balaban J connectivity index is 1.73. The molecule has 0 radical (unpaired) electrons. The first kappa shape index (κ1) is 19.1. The predicted octanol–water partition coefficient (Wildman–Crippen LogP) is 7.55. The maximum atomic E-state index is 6.09. The van der Waals surface area contributed by atoms with Gasteiger partial charge in [-0.15, -0.1) is 11.3 Å². The molecule has 1 nitrogen and oxygen atoms in total. The van der Waals surface area contributed by atoms with Gasteiger partial charge in [0.2, 0.25) is 0 Å². The van der Waals surface area contributed by atoms with E-state index < -0.39 is 0 Å². The largest absolute Gasteiger partial charge is 0.493 e. The van der Waals surface area contributed by atoms with Crippen molar-refractivity contribution in [3.63, 3.8) is 0 Å². The Hall–Kier alpha value is -1.28. The van der Waals surface area contributed by atoms with E-state index in [-0.39, 0.29) is 0 Å². The van der Waals surface area contributed by atoms with Gasteiger partial charge in [0.05, 0.1) is 6.61 Å². The third kappa shape index (κ3) is 5.98. The lowest BCUT2D eigenvalue weighted by atomic mass is 10.0. The van der Waals surface area contributed by atoms with Crippen LogP contribution in [0.1, 0.15) is 69.4 Å². The molecule has 0 fully saturated rings. The molecule has 0 unspecified atom stereocenters. The molecule has 0 spiro atoms. The molecule has 1 aromatic heterocycles. The zero-order chi connectivity index (χ0) is 17.2. The fourth-order valence-corrected chi connectivity index (χ4v) is 3.89. The normalized spacial score (nSPS) is 11.0. The Labute approximate surface area is 152 Å². The van der Waals surface area contributed by atoms with Gasteiger partial charge in [-0.25, -0.2) is 0 Å². The molecule has 132 valence electrons. The highest BCUT2D eigenvalue weighted by Crippen LogP contribution is 2.32. The highest BCUT2D eigenvalue weighted by atomic mass is 32.1. The molecule has 1 heterocycles. The van der Waals surface area contributed by atoms with Crippen molar-refractivity contribution in [1.29, 1.82) is 0 Å². The molecule has 24 heavy (non-hydrogen) atoms. The fraction of sp³-hybridized carbons (Fsp3) is 0.545. The molecule has 1 aromatic carbocycles. The molecule has 2 heteroatoms. The van der Waals surface area contributed by atoms with Crippen LogP contribution in [-0.2, 0) is 0 Å². The van der Waals surface area contributed by atoms with Crippen LogP contribution in [-0.4, -0.2) is 6.61 Å². The minimum atomic E-state index is 0.842. The maximum absolute atomic E-state index is 6.09. The summed E-state index contributed by atoms with van der Waals surface area (Å²) < 4.78 is 6.09. The molecule has 0 aliphatic rings. The first-order valence-corrected chi connectivity index (χ1v) is 10.4. The standard InChI is InChI=1S/C22H32OS/c1-4-5-6-7-8-9-10-11-14-23-22-18(2)16-20(17-19(22)3)21-13-12-15-24-21/h12-13,15-17H,4-11,14H2,1-3H3. The Morgan fingerprint density at radius 1 is 0.875 bits per heavy atom. The molecule has 0 atom stereocenters. The number of hydrogen-bond acceptors (Lipinski definition) is 2. The van der Waals surface area contributed by atoms with Gasteiger partial charge in [0, 0.05) is 4.88 Å². The molecule has 0 aliphatic carbocycles. The van der Waals surface area contributed by atoms with E-state index in [4.69, 9.17) is 4.74 Å². The molecular weight excluding hydrogens is 312 g/mol. The van der Waals surface area contributed by atoms with Crippen molar-refractivity contribution >= 4 is 11.3 Å². The molecule has 2 rings (SSSR count). The lowest BCUT2D eigenvalue weighted by Gasteiger charge is -2.14. The zero-order valence-corrected chi connectivity index (χ0v) is 16.4. The molecule has 0 saturated carbocycles. The zero-order valence-electron chi connectivity index (χ0n) is 15.6. The molecular formula is C22H32OS. The number of rotatable bonds is 11. The van der Waals surface area contributed by atoms with Gasteiger partial charge in [-0.3, -0.25) is 0 Å². The number of thiophene rings is 1. The summed E-state index contributed by atoms with van der Waals surface area (Å²) in [5, 5.41) is 2.13. The molecule has 0 aliphatic heterocycles. The van der Waals surface area contributed by atoms with Crippen molar-refractivity contribution in [2.24, 2.45) is 0 Å². The average molecular weight is 345 g/mol. The van der Waals surface area contributed by atoms with Crippen molar-refractivity contribution in [1.82, 2.24) is 0 Å². The summed E-state index contributed by atoms with van der Waals surface area (Å²) in [5.74, 6) is 1.08. The van der Waals surface area contributed by atoms with Gasteiger partial charge in [0.25, 0.3) is 0 Å². The quantitative estimate of drug-likeness (QED) is 0.382. The lowest BCUT2D eigenvalue weighted by molar-refractivity contribution is 0.300. The summed E-state index contributed by atoms with van der Waals surface area (Å²) in [5.41, 5.74) is 3.80. The van der Waals surface area contributed by atoms with Crippen LogP contribution in [0.25, 0.3) is 10.4 Å². The van der Waals surface area contributed by atoms with E-state index >= 15 is 0 Å². The van der Waals surface area contributed by atoms with Gasteiger partial charge < -0.3 is 4.74 Å². The van der Waals surface area contributed by atoms with Gasteiger partial charge >= 0.3 is 0 Å². The Kier molecular flexibility index (Phi) is 8.38. The van der Waals surface area contributed by atoms with E-state index in [9.17, 15) is 0 Å². The van der Waals surface area contributed by atoms with Crippen molar-refractivity contribution in [2.45, 2.75) is 72.1 Å². The van der Waals surface area contributed by atoms with E-state index in [0.29, 0.717) is 0 Å². The van der Waals surface area contributed by atoms with Crippen molar-refractivity contribution in [3.05, 3.63) is 40.8 Å². The van der Waals surface area contributed by atoms with Crippen LogP contribution >= 0.6 is 11.3 Å². The van der Waals surface area contributed by atoms with Crippen molar-refractivity contribution in [2.75, 3.05) is 6.61 Å². The van der Waals surface area contributed by atoms with Crippen molar-refractivity contribution < 1.29 is 4.74 Å². The van der Waals surface area contributed by atoms with Crippen LogP contribution < -0.4 is 4.74 Å². The van der Waals surface area contributed by atoms with Crippen LogP contribution in [0.15, 0.2) is 29.6 Å².